The lowest BCUT2D eigenvalue weighted by Crippen LogP contribution is -2.21. The second-order valence-electron chi connectivity index (χ2n) is 3.51. The smallest absolute Gasteiger partial charge is 0.167 e. The lowest BCUT2D eigenvalue weighted by atomic mass is 10.1. The molecule has 1 atom stereocenters. The number of aromatic nitrogens is 1. The first-order valence-corrected chi connectivity index (χ1v) is 6.25. The van der Waals surface area contributed by atoms with Crippen molar-refractivity contribution in [1.82, 2.24) is 5.16 Å². The molecular weight excluding hydrogens is 204 g/mol. The number of hydrogen-bond acceptors (Lipinski definition) is 5. The van der Waals surface area contributed by atoms with E-state index in [1.165, 1.54) is 6.07 Å². The summed E-state index contributed by atoms with van der Waals surface area (Å²) in [6.07, 6.45) is 2.25. The zero-order chi connectivity index (χ0) is 10.2. The maximum absolute atomic E-state index is 11.7. The standard InChI is InChI=1S/C8H12N2O3S/c9-8-5-6(13-10-8)7-3-1-2-4-14(7,11)12/h5,7H,1-4H2,(H2,9,10). The van der Waals surface area contributed by atoms with Gasteiger partial charge in [-0.15, -0.1) is 0 Å². The van der Waals surface area contributed by atoms with E-state index in [4.69, 9.17) is 10.3 Å². The minimum absolute atomic E-state index is 0.234. The molecule has 1 aliphatic rings. The van der Waals surface area contributed by atoms with Gasteiger partial charge >= 0.3 is 0 Å². The number of nitrogens with two attached hydrogens (primary N) is 1. The zero-order valence-corrected chi connectivity index (χ0v) is 8.46. The molecule has 2 rings (SSSR count). The van der Waals surface area contributed by atoms with Gasteiger partial charge in [0.05, 0.1) is 5.75 Å². The van der Waals surface area contributed by atoms with Crippen molar-refractivity contribution in [2.75, 3.05) is 11.5 Å². The molecule has 2 N–H and O–H groups in total. The molecular formula is C8H12N2O3S. The van der Waals surface area contributed by atoms with Crippen molar-refractivity contribution in [3.05, 3.63) is 11.8 Å². The fourth-order valence-electron chi connectivity index (χ4n) is 1.73. The van der Waals surface area contributed by atoms with Gasteiger partial charge in [-0.05, 0) is 12.8 Å². The topological polar surface area (TPSA) is 86.2 Å². The second kappa shape index (κ2) is 3.27. The maximum Gasteiger partial charge on any atom is 0.167 e. The fraction of sp³-hybridized carbons (Fsp3) is 0.625. The molecule has 0 saturated carbocycles. The van der Waals surface area contributed by atoms with Crippen LogP contribution in [0.1, 0.15) is 30.3 Å². The Morgan fingerprint density at radius 2 is 2.29 bits per heavy atom. The van der Waals surface area contributed by atoms with E-state index in [-0.39, 0.29) is 11.6 Å². The quantitative estimate of drug-likeness (QED) is 0.753. The predicted octanol–water partition coefficient (Wildman–Crippen LogP) is 0.897. The lowest BCUT2D eigenvalue weighted by molar-refractivity contribution is 0.371. The van der Waals surface area contributed by atoms with E-state index in [0.29, 0.717) is 12.2 Å². The average Bonchev–Trinajstić information content (AvgIpc) is 2.51. The Morgan fingerprint density at radius 1 is 1.50 bits per heavy atom. The largest absolute Gasteiger partial charge is 0.381 e. The number of rotatable bonds is 1. The molecule has 6 heteroatoms. The van der Waals surface area contributed by atoms with Crippen molar-refractivity contribution in [2.24, 2.45) is 0 Å². The first-order chi connectivity index (χ1) is 6.59. The highest BCUT2D eigenvalue weighted by molar-refractivity contribution is 7.91. The minimum Gasteiger partial charge on any atom is -0.381 e. The van der Waals surface area contributed by atoms with Crippen LogP contribution in [-0.2, 0) is 9.84 Å². The monoisotopic (exact) mass is 216 g/mol. The van der Waals surface area contributed by atoms with Crippen molar-refractivity contribution >= 4 is 15.7 Å². The second-order valence-corrected chi connectivity index (χ2v) is 5.81. The summed E-state index contributed by atoms with van der Waals surface area (Å²) in [5.74, 6) is 0.848. The molecule has 1 unspecified atom stereocenters. The van der Waals surface area contributed by atoms with Crippen LogP contribution in [0.15, 0.2) is 10.6 Å². The van der Waals surface area contributed by atoms with E-state index >= 15 is 0 Å². The van der Waals surface area contributed by atoms with Crippen LogP contribution in [0.3, 0.4) is 0 Å². The summed E-state index contributed by atoms with van der Waals surface area (Å²) >= 11 is 0. The third-order valence-electron chi connectivity index (χ3n) is 2.44. The third kappa shape index (κ3) is 1.61. The van der Waals surface area contributed by atoms with E-state index < -0.39 is 15.1 Å². The first kappa shape index (κ1) is 9.51. The van der Waals surface area contributed by atoms with Gasteiger partial charge in [-0.3, -0.25) is 0 Å². The van der Waals surface area contributed by atoms with Gasteiger partial charge in [0.15, 0.2) is 21.4 Å². The van der Waals surface area contributed by atoms with Gasteiger partial charge in [0.2, 0.25) is 0 Å². The summed E-state index contributed by atoms with van der Waals surface area (Å²) in [5, 5.41) is 2.96. The summed E-state index contributed by atoms with van der Waals surface area (Å²) in [6, 6.07) is 1.49. The molecule has 0 amide bonds. The molecule has 1 aromatic heterocycles. The van der Waals surface area contributed by atoms with Gasteiger partial charge < -0.3 is 10.3 Å². The molecule has 1 saturated heterocycles. The highest BCUT2D eigenvalue weighted by Gasteiger charge is 2.33. The van der Waals surface area contributed by atoms with Crippen LogP contribution >= 0.6 is 0 Å². The van der Waals surface area contributed by atoms with Crippen LogP contribution in [0, 0.1) is 0 Å². The SMILES string of the molecule is Nc1cc(C2CCCCS2(=O)=O)on1. The van der Waals surface area contributed by atoms with E-state index in [2.05, 4.69) is 5.16 Å². The number of hydrogen-bond donors (Lipinski definition) is 1. The van der Waals surface area contributed by atoms with Gasteiger partial charge in [0.1, 0.15) is 5.25 Å². The molecule has 0 aromatic carbocycles. The Balaban J connectivity index is 2.33. The van der Waals surface area contributed by atoms with Crippen molar-refractivity contribution < 1.29 is 12.9 Å². The molecule has 14 heavy (non-hydrogen) atoms. The average molecular weight is 216 g/mol. The minimum atomic E-state index is -3.05. The molecule has 0 radical (unpaired) electrons. The zero-order valence-electron chi connectivity index (χ0n) is 7.64. The van der Waals surface area contributed by atoms with Gasteiger partial charge in [0, 0.05) is 6.07 Å². The van der Waals surface area contributed by atoms with Gasteiger partial charge in [-0.2, -0.15) is 0 Å². The number of nitrogens with zero attached hydrogens (tertiary/aromatic N) is 1. The van der Waals surface area contributed by atoms with Crippen molar-refractivity contribution in [3.8, 4) is 0 Å². The summed E-state index contributed by atoms with van der Waals surface area (Å²) in [5.41, 5.74) is 5.37. The molecule has 1 fully saturated rings. The van der Waals surface area contributed by atoms with E-state index in [0.717, 1.165) is 12.8 Å². The number of nitrogen functional groups attached to an aromatic ring is 1. The molecule has 78 valence electrons. The Labute approximate surface area is 82.2 Å². The normalized spacial score (nSPS) is 26.1. The van der Waals surface area contributed by atoms with Gasteiger partial charge in [0.25, 0.3) is 0 Å². The Kier molecular flexibility index (Phi) is 2.22. The van der Waals surface area contributed by atoms with Crippen molar-refractivity contribution in [2.45, 2.75) is 24.5 Å². The molecule has 5 nitrogen and oxygen atoms in total. The lowest BCUT2D eigenvalue weighted by Gasteiger charge is -2.19. The predicted molar refractivity (Wildman–Crippen MR) is 51.3 cm³/mol. The van der Waals surface area contributed by atoms with E-state index in [1.807, 2.05) is 0 Å². The molecule has 0 spiro atoms. The highest BCUT2D eigenvalue weighted by atomic mass is 32.2. The Morgan fingerprint density at radius 3 is 2.86 bits per heavy atom. The molecule has 2 heterocycles. The molecule has 0 aliphatic carbocycles. The summed E-state index contributed by atoms with van der Waals surface area (Å²) in [7, 11) is -3.05. The van der Waals surface area contributed by atoms with Crippen LogP contribution in [-0.4, -0.2) is 19.3 Å². The first-order valence-electron chi connectivity index (χ1n) is 4.53. The molecule has 0 bridgehead atoms. The highest BCUT2D eigenvalue weighted by Crippen LogP contribution is 2.33. The van der Waals surface area contributed by atoms with Crippen molar-refractivity contribution in [1.29, 1.82) is 0 Å². The number of anilines is 1. The molecule has 1 aliphatic heterocycles. The van der Waals surface area contributed by atoms with Gasteiger partial charge in [-0.25, -0.2) is 8.42 Å². The van der Waals surface area contributed by atoms with Crippen LogP contribution in [0.2, 0.25) is 0 Å². The summed E-state index contributed by atoms with van der Waals surface area (Å²) in [6.45, 7) is 0. The number of sulfone groups is 1. The van der Waals surface area contributed by atoms with Gasteiger partial charge in [-0.1, -0.05) is 11.6 Å². The van der Waals surface area contributed by atoms with Crippen LogP contribution in [0.25, 0.3) is 0 Å². The Bertz CT molecular complexity index is 424. The van der Waals surface area contributed by atoms with Crippen LogP contribution in [0.4, 0.5) is 5.82 Å². The van der Waals surface area contributed by atoms with E-state index in [9.17, 15) is 8.42 Å². The summed E-state index contributed by atoms with van der Waals surface area (Å²) < 4.78 is 28.2. The van der Waals surface area contributed by atoms with Crippen molar-refractivity contribution in [3.63, 3.8) is 0 Å². The summed E-state index contributed by atoms with van der Waals surface area (Å²) in [4.78, 5) is 0. The van der Waals surface area contributed by atoms with Crippen LogP contribution in [0.5, 0.6) is 0 Å². The van der Waals surface area contributed by atoms with E-state index in [1.54, 1.807) is 0 Å². The fourth-order valence-corrected chi connectivity index (χ4v) is 3.61. The maximum atomic E-state index is 11.7. The molecule has 1 aromatic rings. The van der Waals surface area contributed by atoms with Crippen LogP contribution < -0.4 is 5.73 Å². The third-order valence-corrected chi connectivity index (χ3v) is 4.64. The Hall–Kier alpha value is -1.04.